The molecule has 2 aromatic heterocycles. The molecule has 16 heteroatoms. The topological polar surface area (TPSA) is 193 Å². The molecule has 310 valence electrons. The third kappa shape index (κ3) is 10.4. The summed E-state index contributed by atoms with van der Waals surface area (Å²) in [6, 6.07) is 8.39. The summed E-state index contributed by atoms with van der Waals surface area (Å²) < 4.78 is 0. The number of nitrogens with two attached hydrogens (primary N) is 1. The highest BCUT2D eigenvalue weighted by molar-refractivity contribution is 6.30. The van der Waals surface area contributed by atoms with Crippen molar-refractivity contribution in [2.75, 3.05) is 57.3 Å². The van der Waals surface area contributed by atoms with Gasteiger partial charge in [0.05, 0.1) is 23.1 Å². The van der Waals surface area contributed by atoms with E-state index in [2.05, 4.69) is 35.4 Å². The lowest BCUT2D eigenvalue weighted by atomic mass is 9.85. The molecule has 1 aromatic carbocycles. The molecule has 5 heterocycles. The molecule has 0 aliphatic carbocycles. The van der Waals surface area contributed by atoms with Gasteiger partial charge in [0.15, 0.2) is 0 Å². The van der Waals surface area contributed by atoms with Gasteiger partial charge in [0.25, 0.3) is 0 Å². The van der Waals surface area contributed by atoms with E-state index < -0.39 is 23.1 Å². The van der Waals surface area contributed by atoms with Crippen molar-refractivity contribution in [3.63, 3.8) is 0 Å². The van der Waals surface area contributed by atoms with Crippen LogP contribution in [-0.2, 0) is 19.2 Å². The third-order valence-electron chi connectivity index (χ3n) is 11.8. The first-order valence-corrected chi connectivity index (χ1v) is 20.7. The normalized spacial score (nSPS) is 21.4. The SMILES string of the molecule is C[C@@H]1C[C@@H](O)CN1C(=O)[C@@H](NC(=O)CCCC(=O)N1CCN(CC[C@H](NC(=O)C2(N)CCN(c3ncnc4[nH]ccc34)CC2)c2ccc(Cl)cc2)CC1)C(C)(C)C. The maximum absolute atomic E-state index is 13.9. The molecule has 0 unspecified atom stereocenters. The van der Waals surface area contributed by atoms with Crippen LogP contribution in [-0.4, -0.2) is 134 Å². The first kappa shape index (κ1) is 42.3. The maximum atomic E-state index is 13.9. The smallest absolute Gasteiger partial charge is 0.246 e. The molecule has 6 rings (SSSR count). The Balaban J connectivity index is 0.954. The number of nitrogens with one attached hydrogen (secondary N) is 3. The van der Waals surface area contributed by atoms with E-state index in [0.717, 1.165) is 22.4 Å². The number of aromatic nitrogens is 3. The van der Waals surface area contributed by atoms with Crippen molar-refractivity contribution in [1.29, 1.82) is 0 Å². The van der Waals surface area contributed by atoms with Gasteiger partial charge in [-0.15, -0.1) is 0 Å². The Morgan fingerprint density at radius 1 is 1.00 bits per heavy atom. The third-order valence-corrected chi connectivity index (χ3v) is 12.1. The fourth-order valence-corrected chi connectivity index (χ4v) is 8.35. The second kappa shape index (κ2) is 18.1. The van der Waals surface area contributed by atoms with Crippen LogP contribution in [0.1, 0.15) is 84.2 Å². The van der Waals surface area contributed by atoms with E-state index in [1.165, 1.54) is 0 Å². The summed E-state index contributed by atoms with van der Waals surface area (Å²) in [6.07, 6.45) is 5.73. The number of anilines is 1. The number of nitrogens with zero attached hydrogens (tertiary/aromatic N) is 6. The van der Waals surface area contributed by atoms with Gasteiger partial charge in [-0.05, 0) is 68.2 Å². The minimum Gasteiger partial charge on any atom is -0.391 e. The van der Waals surface area contributed by atoms with Crippen LogP contribution < -0.4 is 21.3 Å². The van der Waals surface area contributed by atoms with E-state index in [4.69, 9.17) is 17.3 Å². The van der Waals surface area contributed by atoms with Gasteiger partial charge in [-0.25, -0.2) is 9.97 Å². The number of aromatic amines is 1. The number of carbonyl (C=O) groups is 4. The number of halogens is 1. The van der Waals surface area contributed by atoms with Crippen molar-refractivity contribution < 1.29 is 24.3 Å². The minimum absolute atomic E-state index is 0.00796. The van der Waals surface area contributed by atoms with Crippen molar-refractivity contribution in [3.05, 3.63) is 53.4 Å². The Kier molecular flexibility index (Phi) is 13.4. The molecule has 15 nitrogen and oxygen atoms in total. The number of amides is 4. The molecule has 4 atom stereocenters. The number of likely N-dealkylation sites (tertiary alicyclic amines) is 1. The summed E-state index contributed by atoms with van der Waals surface area (Å²) in [5, 5.41) is 17.8. The van der Waals surface area contributed by atoms with Crippen molar-refractivity contribution in [3.8, 4) is 0 Å². The van der Waals surface area contributed by atoms with Crippen molar-refractivity contribution in [2.24, 2.45) is 11.1 Å². The monoisotopic (exact) mass is 806 g/mol. The number of aliphatic hydroxyl groups excluding tert-OH is 1. The standard InChI is InChI=1S/C41H59ClN10O5/c1-27-24-30(53)25-52(27)38(56)35(40(2,3)4)48-33(54)6-5-7-34(55)50-22-20-49(21-23-50)17-13-32(28-8-10-29(42)11-9-28)47-39(57)41(43)14-18-51(19-15-41)37-31-12-16-44-36(31)45-26-46-37/h8-12,16,26-27,30,32,35,53H,5-7,13-15,17-25,43H2,1-4H3,(H,47,57)(H,48,54)(H,44,45,46)/t27-,30-,32+,35-/m1/s1. The molecule has 6 N–H and O–H groups in total. The molecule has 3 aliphatic rings. The van der Waals surface area contributed by atoms with Gasteiger partial charge in [-0.1, -0.05) is 44.5 Å². The largest absolute Gasteiger partial charge is 0.391 e. The number of piperazine rings is 1. The van der Waals surface area contributed by atoms with Gasteiger partial charge in [0, 0.05) is 82.5 Å². The lowest BCUT2D eigenvalue weighted by molar-refractivity contribution is -0.140. The molecular formula is C41H59ClN10O5. The van der Waals surface area contributed by atoms with Crippen LogP contribution in [0, 0.1) is 5.41 Å². The zero-order valence-electron chi connectivity index (χ0n) is 33.7. The zero-order chi connectivity index (χ0) is 40.9. The van der Waals surface area contributed by atoms with Crippen LogP contribution in [0.4, 0.5) is 5.82 Å². The van der Waals surface area contributed by atoms with Crippen LogP contribution in [0.25, 0.3) is 11.0 Å². The number of hydrogen-bond donors (Lipinski definition) is 5. The summed E-state index contributed by atoms with van der Waals surface area (Å²) in [6.45, 7) is 12.3. The first-order valence-electron chi connectivity index (χ1n) is 20.3. The molecule has 0 radical (unpaired) electrons. The lowest BCUT2D eigenvalue weighted by Gasteiger charge is -2.39. The molecule has 3 aromatic rings. The molecule has 3 aliphatic heterocycles. The van der Waals surface area contributed by atoms with Gasteiger partial charge in [0.2, 0.25) is 23.6 Å². The molecule has 3 fully saturated rings. The van der Waals surface area contributed by atoms with Crippen molar-refractivity contribution in [2.45, 2.75) is 102 Å². The van der Waals surface area contributed by atoms with E-state index in [1.807, 2.05) is 69.1 Å². The quantitative estimate of drug-likeness (QED) is 0.172. The van der Waals surface area contributed by atoms with E-state index in [-0.39, 0.29) is 55.1 Å². The van der Waals surface area contributed by atoms with Gasteiger partial charge in [-0.2, -0.15) is 0 Å². The highest BCUT2D eigenvalue weighted by atomic mass is 35.5. The van der Waals surface area contributed by atoms with E-state index in [1.54, 1.807) is 11.2 Å². The maximum Gasteiger partial charge on any atom is 0.246 e. The molecule has 57 heavy (non-hydrogen) atoms. The number of β-amino-alcohol motifs (C(OH)–C–C–N with tert-alkyl or cyclic N) is 1. The summed E-state index contributed by atoms with van der Waals surface area (Å²) in [4.78, 5) is 73.3. The number of rotatable bonds is 13. The summed E-state index contributed by atoms with van der Waals surface area (Å²) in [7, 11) is 0. The summed E-state index contributed by atoms with van der Waals surface area (Å²) >= 11 is 6.22. The van der Waals surface area contributed by atoms with Gasteiger partial charge >= 0.3 is 0 Å². The summed E-state index contributed by atoms with van der Waals surface area (Å²) in [5.74, 6) is 0.216. The average molecular weight is 807 g/mol. The number of piperidine rings is 1. The Bertz CT molecular complexity index is 1870. The molecule has 3 saturated heterocycles. The molecule has 0 saturated carbocycles. The van der Waals surface area contributed by atoms with Crippen molar-refractivity contribution >= 4 is 52.1 Å². The fourth-order valence-electron chi connectivity index (χ4n) is 8.22. The number of hydrogen-bond acceptors (Lipinski definition) is 10. The highest BCUT2D eigenvalue weighted by Gasteiger charge is 2.41. The molecular weight excluding hydrogens is 748 g/mol. The fraction of sp³-hybridized carbons (Fsp3) is 0.610. The predicted molar refractivity (Wildman–Crippen MR) is 219 cm³/mol. The Morgan fingerprint density at radius 2 is 1.70 bits per heavy atom. The molecule has 0 spiro atoms. The predicted octanol–water partition coefficient (Wildman–Crippen LogP) is 2.98. The molecule has 4 amide bonds. The van der Waals surface area contributed by atoms with Crippen LogP contribution in [0.2, 0.25) is 5.02 Å². The number of aliphatic hydroxyl groups is 1. The van der Waals surface area contributed by atoms with Crippen LogP contribution in [0.5, 0.6) is 0 Å². The Labute approximate surface area is 340 Å². The van der Waals surface area contributed by atoms with Crippen molar-refractivity contribution in [1.82, 2.24) is 40.3 Å². The molecule has 0 bridgehead atoms. The number of H-pyrrole nitrogens is 1. The first-order chi connectivity index (χ1) is 27.1. The average Bonchev–Trinajstić information content (AvgIpc) is 3.81. The van der Waals surface area contributed by atoms with E-state index in [9.17, 15) is 24.3 Å². The van der Waals surface area contributed by atoms with Gasteiger partial charge < -0.3 is 41.2 Å². The number of carbonyl (C=O) groups excluding carboxylic acids is 4. The van der Waals surface area contributed by atoms with Crippen LogP contribution in [0.15, 0.2) is 42.9 Å². The van der Waals surface area contributed by atoms with E-state index in [0.29, 0.717) is 82.9 Å². The number of benzene rings is 1. The summed E-state index contributed by atoms with van der Waals surface area (Å²) in [5.41, 5.74) is 6.99. The Hall–Kier alpha value is -4.31. The van der Waals surface area contributed by atoms with Gasteiger partial charge in [0.1, 0.15) is 23.8 Å². The zero-order valence-corrected chi connectivity index (χ0v) is 34.4. The van der Waals surface area contributed by atoms with Gasteiger partial charge in [-0.3, -0.25) is 24.1 Å². The van der Waals surface area contributed by atoms with Crippen LogP contribution >= 0.6 is 11.6 Å². The van der Waals surface area contributed by atoms with E-state index >= 15 is 0 Å². The lowest BCUT2D eigenvalue weighted by Crippen LogP contribution is -2.60. The Morgan fingerprint density at radius 3 is 2.35 bits per heavy atom. The second-order valence-corrected chi connectivity index (χ2v) is 17.6. The van der Waals surface area contributed by atoms with Crippen LogP contribution in [0.3, 0.4) is 0 Å². The minimum atomic E-state index is -1.03. The second-order valence-electron chi connectivity index (χ2n) is 17.1. The number of fused-ring (bicyclic) bond motifs is 1. The highest BCUT2D eigenvalue weighted by Crippen LogP contribution is 2.30.